The lowest BCUT2D eigenvalue weighted by Gasteiger charge is -2.38. The van der Waals surface area contributed by atoms with Crippen LogP contribution in [0.25, 0.3) is 11.1 Å². The number of carbonyl (C=O) groups excluding carboxylic acids is 1. The number of ketones is 1. The number of carboxylic acid groups (broad SMARTS) is 1. The Morgan fingerprint density at radius 2 is 1.50 bits per heavy atom. The first kappa shape index (κ1) is 23.7. The summed E-state index contributed by atoms with van der Waals surface area (Å²) >= 11 is 0. The van der Waals surface area contributed by atoms with Crippen LogP contribution in [0.2, 0.25) is 0 Å². The summed E-state index contributed by atoms with van der Waals surface area (Å²) in [7, 11) is 0. The second-order valence-corrected chi connectivity index (χ2v) is 8.36. The third-order valence-corrected chi connectivity index (χ3v) is 6.31. The monoisotopic (exact) mass is 474 g/mol. The lowest BCUT2D eigenvalue weighted by Crippen LogP contribution is -2.49. The van der Waals surface area contributed by atoms with Gasteiger partial charge in [-0.15, -0.1) is 0 Å². The van der Waals surface area contributed by atoms with E-state index < -0.39 is 35.2 Å². The molecule has 2 aliphatic rings. The number of allylic oxidation sites excluding steroid dienone is 2. The molecule has 34 heavy (non-hydrogen) atoms. The van der Waals surface area contributed by atoms with Crippen LogP contribution in [0, 0.1) is 11.2 Å². The maximum absolute atomic E-state index is 13.5. The van der Waals surface area contributed by atoms with Crippen LogP contribution < -0.4 is 10.6 Å². The van der Waals surface area contributed by atoms with E-state index in [9.17, 15) is 32.3 Å². The number of alkyl halides is 3. The van der Waals surface area contributed by atoms with Crippen LogP contribution in [0.1, 0.15) is 23.2 Å². The maximum Gasteiger partial charge on any atom is 0.412 e. The van der Waals surface area contributed by atoms with Gasteiger partial charge in [0.2, 0.25) is 5.78 Å². The molecule has 2 aliphatic heterocycles. The van der Waals surface area contributed by atoms with E-state index in [1.165, 1.54) is 24.3 Å². The van der Waals surface area contributed by atoms with Gasteiger partial charge in [0.1, 0.15) is 11.9 Å². The van der Waals surface area contributed by atoms with Gasteiger partial charge in [0.05, 0.1) is 11.1 Å². The smallest absolute Gasteiger partial charge is 0.412 e. The second-order valence-electron chi connectivity index (χ2n) is 8.36. The molecule has 0 saturated carbocycles. The van der Waals surface area contributed by atoms with Gasteiger partial charge in [-0.25, -0.2) is 4.39 Å². The zero-order valence-electron chi connectivity index (χ0n) is 18.0. The number of carboxylic acids is 1. The number of halogens is 4. The molecule has 0 spiro atoms. The molecule has 2 aromatic carbocycles. The van der Waals surface area contributed by atoms with Gasteiger partial charge in [-0.2, -0.15) is 13.2 Å². The van der Waals surface area contributed by atoms with Crippen molar-refractivity contribution in [1.82, 2.24) is 10.6 Å². The molecule has 0 radical (unpaired) electrons. The van der Waals surface area contributed by atoms with E-state index in [1.54, 1.807) is 24.3 Å². The Labute approximate surface area is 193 Å². The zero-order valence-corrected chi connectivity index (χ0v) is 18.0. The normalized spacial score (nSPS) is 20.1. The lowest BCUT2D eigenvalue weighted by atomic mass is 9.70. The Bertz CT molecular complexity index is 1150. The molecule has 1 saturated heterocycles. The minimum atomic E-state index is -4.66. The number of benzene rings is 2. The molecule has 0 aliphatic carbocycles. The summed E-state index contributed by atoms with van der Waals surface area (Å²) in [5, 5.41) is 15.3. The van der Waals surface area contributed by atoms with Crippen LogP contribution in [-0.4, -0.2) is 42.2 Å². The van der Waals surface area contributed by atoms with Crippen molar-refractivity contribution >= 4 is 11.8 Å². The zero-order chi connectivity index (χ0) is 24.5. The maximum atomic E-state index is 13.5. The van der Waals surface area contributed by atoms with Crippen LogP contribution in [0.3, 0.4) is 0 Å². The number of carbonyl (C=O) groups is 2. The van der Waals surface area contributed by atoms with E-state index in [4.69, 9.17) is 0 Å². The molecule has 178 valence electrons. The number of dihydropyridines is 1. The van der Waals surface area contributed by atoms with Crippen LogP contribution in [0.15, 0.2) is 72.0 Å². The molecular formula is C25H22F4N2O3. The minimum absolute atomic E-state index is 0.0506. The first-order valence-electron chi connectivity index (χ1n) is 10.7. The van der Waals surface area contributed by atoms with Crippen molar-refractivity contribution in [2.24, 2.45) is 5.41 Å². The SMILES string of the molecule is O=C(C1=C(C2(C(=O)O)CCNCC2)C=C[C@H](C(F)(F)F)N1)c1ccc(-c2ccc(F)cc2)cc1. The number of hydrogen-bond acceptors (Lipinski definition) is 4. The van der Waals surface area contributed by atoms with Gasteiger partial charge < -0.3 is 15.7 Å². The summed E-state index contributed by atoms with van der Waals surface area (Å²) in [6.45, 7) is 0.723. The Hall–Kier alpha value is -3.46. The number of nitrogens with one attached hydrogen (secondary N) is 2. The van der Waals surface area contributed by atoms with E-state index in [0.29, 0.717) is 24.2 Å². The highest BCUT2D eigenvalue weighted by atomic mass is 19.4. The molecule has 2 aromatic rings. The molecule has 4 rings (SSSR count). The predicted octanol–water partition coefficient (Wildman–Crippen LogP) is 4.47. The number of Topliss-reactive ketones (excluding diaryl/α,β-unsaturated/α-hetero) is 1. The Morgan fingerprint density at radius 3 is 2.03 bits per heavy atom. The highest BCUT2D eigenvalue weighted by molar-refractivity contribution is 6.10. The van der Waals surface area contributed by atoms with Gasteiger partial charge >= 0.3 is 12.1 Å². The van der Waals surface area contributed by atoms with Gasteiger partial charge in [0.25, 0.3) is 0 Å². The summed E-state index contributed by atoms with van der Waals surface area (Å²) in [6, 6.07) is 9.77. The Kier molecular flexibility index (Phi) is 6.31. The number of rotatable bonds is 5. The van der Waals surface area contributed by atoms with E-state index in [2.05, 4.69) is 10.6 Å². The largest absolute Gasteiger partial charge is 0.481 e. The summed E-state index contributed by atoms with van der Waals surface area (Å²) in [6.07, 6.45) is -2.39. The molecule has 2 heterocycles. The van der Waals surface area contributed by atoms with Gasteiger partial charge in [0.15, 0.2) is 0 Å². The molecule has 9 heteroatoms. The summed E-state index contributed by atoms with van der Waals surface area (Å²) in [4.78, 5) is 25.7. The molecule has 0 bridgehead atoms. The van der Waals surface area contributed by atoms with Crippen molar-refractivity contribution in [2.45, 2.75) is 25.1 Å². The van der Waals surface area contributed by atoms with Crippen molar-refractivity contribution in [1.29, 1.82) is 0 Å². The van der Waals surface area contributed by atoms with Crippen LogP contribution in [0.5, 0.6) is 0 Å². The predicted molar refractivity (Wildman–Crippen MR) is 117 cm³/mol. The first-order chi connectivity index (χ1) is 16.1. The first-order valence-corrected chi connectivity index (χ1v) is 10.7. The Morgan fingerprint density at radius 1 is 0.941 bits per heavy atom. The average molecular weight is 474 g/mol. The fraction of sp³-hybridized carbons (Fsp3) is 0.280. The van der Waals surface area contributed by atoms with E-state index >= 15 is 0 Å². The lowest BCUT2D eigenvalue weighted by molar-refractivity contribution is -0.148. The van der Waals surface area contributed by atoms with Crippen molar-refractivity contribution in [3.05, 3.63) is 83.3 Å². The van der Waals surface area contributed by atoms with Gasteiger partial charge in [-0.05, 0) is 54.8 Å². The van der Waals surface area contributed by atoms with Crippen LogP contribution in [0.4, 0.5) is 17.6 Å². The van der Waals surface area contributed by atoms with Crippen molar-refractivity contribution < 1.29 is 32.3 Å². The number of piperidine rings is 1. The summed E-state index contributed by atoms with van der Waals surface area (Å²) in [5.41, 5.74) is -0.286. The fourth-order valence-corrected chi connectivity index (χ4v) is 4.39. The van der Waals surface area contributed by atoms with E-state index in [1.807, 2.05) is 0 Å². The van der Waals surface area contributed by atoms with Crippen molar-refractivity contribution in [2.75, 3.05) is 13.1 Å². The average Bonchev–Trinajstić information content (AvgIpc) is 2.83. The van der Waals surface area contributed by atoms with Crippen molar-refractivity contribution in [3.8, 4) is 11.1 Å². The number of hydrogen-bond donors (Lipinski definition) is 3. The molecule has 1 atom stereocenters. The van der Waals surface area contributed by atoms with Gasteiger partial charge in [0, 0.05) is 5.56 Å². The standard InChI is InChI=1S/C25H22F4N2O3/c26-18-7-5-16(6-8-18)15-1-3-17(4-2-15)22(32)21-19(9-10-20(31-21)25(27,28)29)24(23(33)34)11-13-30-14-12-24/h1-10,20,30-31H,11-14H2,(H,33,34)/t20-/m1/s1. The molecule has 1 fully saturated rings. The third kappa shape index (κ3) is 4.48. The van der Waals surface area contributed by atoms with E-state index in [-0.39, 0.29) is 29.7 Å². The van der Waals surface area contributed by atoms with E-state index in [0.717, 1.165) is 12.2 Å². The Balaban J connectivity index is 1.74. The molecular weight excluding hydrogens is 452 g/mol. The van der Waals surface area contributed by atoms with Crippen LogP contribution in [-0.2, 0) is 4.79 Å². The van der Waals surface area contributed by atoms with Crippen molar-refractivity contribution in [3.63, 3.8) is 0 Å². The summed E-state index contributed by atoms with van der Waals surface area (Å²) in [5.74, 6) is -2.30. The molecule has 3 N–H and O–H groups in total. The highest BCUT2D eigenvalue weighted by Crippen LogP contribution is 2.42. The topological polar surface area (TPSA) is 78.4 Å². The van der Waals surface area contributed by atoms with Crippen LogP contribution >= 0.6 is 0 Å². The summed E-state index contributed by atoms with van der Waals surface area (Å²) < 4.78 is 53.6. The molecule has 0 aromatic heterocycles. The highest BCUT2D eigenvalue weighted by Gasteiger charge is 2.48. The minimum Gasteiger partial charge on any atom is -0.481 e. The third-order valence-electron chi connectivity index (χ3n) is 6.31. The fourth-order valence-electron chi connectivity index (χ4n) is 4.39. The number of aliphatic carboxylic acids is 1. The second kappa shape index (κ2) is 9.06. The molecule has 0 amide bonds. The molecule has 0 unspecified atom stereocenters. The quantitative estimate of drug-likeness (QED) is 0.440. The van der Waals surface area contributed by atoms with Gasteiger partial charge in [-0.1, -0.05) is 48.6 Å². The van der Waals surface area contributed by atoms with Gasteiger partial charge in [-0.3, -0.25) is 9.59 Å². The molecule has 5 nitrogen and oxygen atoms in total.